The van der Waals surface area contributed by atoms with Crippen molar-refractivity contribution in [3.05, 3.63) is 6.33 Å². The molecule has 2 aromatic heterocycles. The number of ether oxygens (including phenoxy) is 1. The number of methoxy groups -OCH3 is 1. The largest absolute Gasteiger partial charge is 0.479 e. The van der Waals surface area contributed by atoms with Crippen LogP contribution in [0, 0.1) is 11.8 Å². The summed E-state index contributed by atoms with van der Waals surface area (Å²) in [6, 6.07) is 0.364. The lowest BCUT2D eigenvalue weighted by atomic mass is 9.77. The molecule has 1 fully saturated rings. The van der Waals surface area contributed by atoms with Gasteiger partial charge in [0.15, 0.2) is 11.2 Å². The summed E-state index contributed by atoms with van der Waals surface area (Å²) >= 11 is 0. The number of anilines is 1. The molecular formula is C15H23N5O. The van der Waals surface area contributed by atoms with Crippen LogP contribution in [0.2, 0.25) is 0 Å². The van der Waals surface area contributed by atoms with E-state index >= 15 is 0 Å². The summed E-state index contributed by atoms with van der Waals surface area (Å²) in [5.74, 6) is 2.24. The van der Waals surface area contributed by atoms with Crippen molar-refractivity contribution in [2.75, 3.05) is 12.8 Å². The molecule has 6 heteroatoms. The lowest BCUT2D eigenvalue weighted by Gasteiger charge is -2.35. The topological polar surface area (TPSA) is 78.8 Å². The summed E-state index contributed by atoms with van der Waals surface area (Å²) in [6.45, 7) is 4.57. The van der Waals surface area contributed by atoms with Gasteiger partial charge in [0.25, 0.3) is 0 Å². The highest BCUT2D eigenvalue weighted by Gasteiger charge is 2.32. The highest BCUT2D eigenvalue weighted by Crippen LogP contribution is 2.41. The van der Waals surface area contributed by atoms with E-state index in [1.165, 1.54) is 25.6 Å². The number of hydrogen-bond acceptors (Lipinski definition) is 5. The van der Waals surface area contributed by atoms with E-state index < -0.39 is 0 Å². The zero-order chi connectivity index (χ0) is 15.0. The normalized spacial score (nSPS) is 22.9. The number of nitrogen functional groups attached to an aromatic ring is 1. The third kappa shape index (κ3) is 2.32. The second-order valence-corrected chi connectivity index (χ2v) is 6.15. The molecule has 114 valence electrons. The minimum atomic E-state index is 0.364. The van der Waals surface area contributed by atoms with Crippen molar-refractivity contribution in [1.29, 1.82) is 0 Å². The van der Waals surface area contributed by atoms with E-state index in [0.717, 1.165) is 12.1 Å². The third-order valence-corrected chi connectivity index (χ3v) is 4.63. The molecule has 2 unspecified atom stereocenters. The third-order valence-electron chi connectivity index (χ3n) is 4.63. The van der Waals surface area contributed by atoms with Gasteiger partial charge in [0, 0.05) is 6.04 Å². The number of imidazole rings is 1. The van der Waals surface area contributed by atoms with Gasteiger partial charge in [-0.15, -0.1) is 0 Å². The second-order valence-electron chi connectivity index (χ2n) is 6.15. The van der Waals surface area contributed by atoms with Crippen molar-refractivity contribution < 1.29 is 4.74 Å². The first-order chi connectivity index (χ1) is 10.1. The lowest BCUT2D eigenvalue weighted by Crippen LogP contribution is -2.28. The summed E-state index contributed by atoms with van der Waals surface area (Å²) in [6.07, 6.45) is 6.42. The molecule has 2 heterocycles. The minimum Gasteiger partial charge on any atom is -0.479 e. The molecule has 1 saturated carbocycles. The maximum atomic E-state index is 6.20. The quantitative estimate of drug-likeness (QED) is 0.940. The molecule has 3 rings (SSSR count). The maximum Gasteiger partial charge on any atom is 0.245 e. The van der Waals surface area contributed by atoms with E-state index in [-0.39, 0.29) is 0 Å². The SMILES string of the molecule is COc1ncnc2c1nc(N)n2C1CCCCC1C(C)C. The zero-order valence-electron chi connectivity index (χ0n) is 12.9. The van der Waals surface area contributed by atoms with Crippen LogP contribution in [0.4, 0.5) is 5.95 Å². The fourth-order valence-electron chi connectivity index (χ4n) is 3.62. The molecule has 0 amide bonds. The number of rotatable bonds is 3. The Labute approximate surface area is 124 Å². The monoisotopic (exact) mass is 289 g/mol. The lowest BCUT2D eigenvalue weighted by molar-refractivity contribution is 0.189. The minimum absolute atomic E-state index is 0.364. The summed E-state index contributed by atoms with van der Waals surface area (Å²) in [7, 11) is 1.59. The van der Waals surface area contributed by atoms with E-state index in [9.17, 15) is 0 Å². The van der Waals surface area contributed by atoms with Crippen LogP contribution in [0.15, 0.2) is 6.33 Å². The fraction of sp³-hybridized carbons (Fsp3) is 0.667. The predicted molar refractivity (Wildman–Crippen MR) is 82.1 cm³/mol. The van der Waals surface area contributed by atoms with Crippen LogP contribution < -0.4 is 10.5 Å². The van der Waals surface area contributed by atoms with Crippen LogP contribution in [0.3, 0.4) is 0 Å². The van der Waals surface area contributed by atoms with Crippen LogP contribution in [-0.2, 0) is 0 Å². The highest BCUT2D eigenvalue weighted by atomic mass is 16.5. The van der Waals surface area contributed by atoms with E-state index in [2.05, 4.69) is 33.4 Å². The number of aromatic nitrogens is 4. The summed E-state index contributed by atoms with van der Waals surface area (Å²) in [5.41, 5.74) is 7.65. The average molecular weight is 289 g/mol. The Morgan fingerprint density at radius 2 is 2.05 bits per heavy atom. The first kappa shape index (κ1) is 14.1. The van der Waals surface area contributed by atoms with E-state index in [1.807, 2.05) is 0 Å². The zero-order valence-corrected chi connectivity index (χ0v) is 12.9. The number of fused-ring (bicyclic) bond motifs is 1. The summed E-state index contributed by atoms with van der Waals surface area (Å²) in [5, 5.41) is 0. The second kappa shape index (κ2) is 5.50. The molecule has 6 nitrogen and oxygen atoms in total. The van der Waals surface area contributed by atoms with Crippen molar-refractivity contribution in [2.45, 2.75) is 45.6 Å². The molecule has 0 radical (unpaired) electrons. The first-order valence-corrected chi connectivity index (χ1v) is 7.66. The number of nitrogens with two attached hydrogens (primary N) is 1. The van der Waals surface area contributed by atoms with Gasteiger partial charge in [-0.3, -0.25) is 4.57 Å². The van der Waals surface area contributed by atoms with Crippen molar-refractivity contribution in [3.8, 4) is 5.88 Å². The van der Waals surface area contributed by atoms with Crippen molar-refractivity contribution in [3.63, 3.8) is 0 Å². The Morgan fingerprint density at radius 1 is 1.29 bits per heavy atom. The molecule has 0 spiro atoms. The van der Waals surface area contributed by atoms with Crippen LogP contribution in [0.5, 0.6) is 5.88 Å². The molecule has 2 atom stereocenters. The van der Waals surface area contributed by atoms with Gasteiger partial charge in [0.1, 0.15) is 6.33 Å². The Bertz CT molecular complexity index is 636. The maximum absolute atomic E-state index is 6.20. The van der Waals surface area contributed by atoms with Gasteiger partial charge in [-0.2, -0.15) is 4.98 Å². The number of hydrogen-bond donors (Lipinski definition) is 1. The Kier molecular flexibility index (Phi) is 3.69. The molecule has 1 aliphatic rings. The molecule has 0 aromatic carbocycles. The smallest absolute Gasteiger partial charge is 0.245 e. The first-order valence-electron chi connectivity index (χ1n) is 7.66. The van der Waals surface area contributed by atoms with Gasteiger partial charge in [0.2, 0.25) is 11.8 Å². The van der Waals surface area contributed by atoms with Gasteiger partial charge in [-0.25, -0.2) is 9.97 Å². The Hall–Kier alpha value is -1.85. The van der Waals surface area contributed by atoms with E-state index in [4.69, 9.17) is 10.5 Å². The Balaban J connectivity index is 2.12. The van der Waals surface area contributed by atoms with Crippen molar-refractivity contribution >= 4 is 17.1 Å². The van der Waals surface area contributed by atoms with E-state index in [1.54, 1.807) is 7.11 Å². The number of nitrogens with zero attached hydrogens (tertiary/aromatic N) is 4. The Morgan fingerprint density at radius 3 is 2.76 bits per heavy atom. The van der Waals surface area contributed by atoms with Crippen molar-refractivity contribution in [1.82, 2.24) is 19.5 Å². The van der Waals surface area contributed by atoms with Gasteiger partial charge in [-0.1, -0.05) is 26.7 Å². The molecule has 2 N–H and O–H groups in total. The summed E-state index contributed by atoms with van der Waals surface area (Å²) < 4.78 is 7.38. The molecule has 0 aliphatic heterocycles. The van der Waals surface area contributed by atoms with Crippen LogP contribution in [0.1, 0.15) is 45.6 Å². The average Bonchev–Trinajstić information content (AvgIpc) is 2.82. The van der Waals surface area contributed by atoms with Crippen LogP contribution in [-0.4, -0.2) is 26.6 Å². The molecule has 21 heavy (non-hydrogen) atoms. The standard InChI is InChI=1S/C15H23N5O/c1-9(2)10-6-4-5-7-11(10)20-13-12(19-15(20)16)14(21-3)18-8-17-13/h8-11H,4-7H2,1-3H3,(H2,16,19). The fourth-order valence-corrected chi connectivity index (χ4v) is 3.62. The molecule has 0 saturated heterocycles. The molecular weight excluding hydrogens is 266 g/mol. The molecule has 2 aromatic rings. The van der Waals surface area contributed by atoms with Gasteiger partial charge < -0.3 is 10.5 Å². The molecule has 0 bridgehead atoms. The van der Waals surface area contributed by atoms with Gasteiger partial charge >= 0.3 is 0 Å². The van der Waals surface area contributed by atoms with Crippen LogP contribution in [0.25, 0.3) is 11.2 Å². The summed E-state index contributed by atoms with van der Waals surface area (Å²) in [4.78, 5) is 13.0. The predicted octanol–water partition coefficient (Wildman–Crippen LogP) is 2.80. The van der Waals surface area contributed by atoms with E-state index in [0.29, 0.717) is 35.2 Å². The highest BCUT2D eigenvalue weighted by molar-refractivity contribution is 5.79. The van der Waals surface area contributed by atoms with Gasteiger partial charge in [-0.05, 0) is 24.7 Å². The molecule has 1 aliphatic carbocycles. The van der Waals surface area contributed by atoms with Gasteiger partial charge in [0.05, 0.1) is 7.11 Å². The van der Waals surface area contributed by atoms with Crippen molar-refractivity contribution in [2.24, 2.45) is 11.8 Å². The van der Waals surface area contributed by atoms with Crippen LogP contribution >= 0.6 is 0 Å².